The molecule has 0 bridgehead atoms. The minimum atomic E-state index is -0.533. The maximum absolute atomic E-state index is 12.6. The zero-order valence-electron chi connectivity index (χ0n) is 22.6. The first-order valence-corrected chi connectivity index (χ1v) is 13.8. The monoisotopic (exact) mass is 508 g/mol. The maximum Gasteiger partial charge on any atom is 0.242 e. The molecule has 0 saturated carbocycles. The summed E-state index contributed by atoms with van der Waals surface area (Å²) in [6.45, 7) is 10.5. The molecule has 0 aromatic carbocycles. The fourth-order valence-electron chi connectivity index (χ4n) is 4.64. The molecule has 36 heavy (non-hydrogen) atoms. The Morgan fingerprint density at radius 2 is 1.06 bits per heavy atom. The smallest absolute Gasteiger partial charge is 0.242 e. The van der Waals surface area contributed by atoms with Gasteiger partial charge in [-0.2, -0.15) is 0 Å². The third-order valence-corrected chi connectivity index (χ3v) is 6.95. The Labute approximate surface area is 216 Å². The highest BCUT2D eigenvalue weighted by Gasteiger charge is 2.30. The van der Waals surface area contributed by atoms with E-state index in [2.05, 4.69) is 31.9 Å². The summed E-state index contributed by atoms with van der Waals surface area (Å²) in [6.07, 6.45) is 7.11. The predicted octanol–water partition coefficient (Wildman–Crippen LogP) is 0.565. The summed E-state index contributed by atoms with van der Waals surface area (Å²) in [6, 6.07) is -1.46. The van der Waals surface area contributed by atoms with Crippen LogP contribution in [0.5, 0.6) is 0 Å². The second kappa shape index (κ2) is 15.8. The number of hydrogen-bond acceptors (Lipinski definition) is 6. The fourth-order valence-corrected chi connectivity index (χ4v) is 4.64. The highest BCUT2D eigenvalue weighted by atomic mass is 16.2. The summed E-state index contributed by atoms with van der Waals surface area (Å²) in [4.78, 5) is 49.9. The SMILES string of the molecule is CC(C)[C@H](NC(=O)[C@@H]1CCCN1)C(=O)NCCCCCCNC(=O)[C@@H](NC(=O)[C@@H]1CCCN1)C(C)C. The standard InChI is InChI=1S/C26H48N6O4/c1-17(2)21(31-23(33)19-11-9-15-27-19)25(35)29-13-7-5-6-8-14-30-26(36)22(18(3)4)32-24(34)20-12-10-16-28-20/h17-22,27-28H,5-16H2,1-4H3,(H,29,35)(H,30,36)(H,31,33)(H,32,34)/t19-,20-,21-,22-/m0/s1. The van der Waals surface area contributed by atoms with Gasteiger partial charge in [0.15, 0.2) is 0 Å². The minimum absolute atomic E-state index is 0.00726. The summed E-state index contributed by atoms with van der Waals surface area (Å²) < 4.78 is 0. The van der Waals surface area contributed by atoms with Crippen LogP contribution in [0.15, 0.2) is 0 Å². The molecule has 2 rings (SSSR count). The average Bonchev–Trinajstić information content (AvgIpc) is 3.56. The van der Waals surface area contributed by atoms with Gasteiger partial charge in [-0.3, -0.25) is 19.2 Å². The van der Waals surface area contributed by atoms with Gasteiger partial charge in [-0.1, -0.05) is 40.5 Å². The lowest BCUT2D eigenvalue weighted by Crippen LogP contribution is -2.53. The molecule has 206 valence electrons. The van der Waals surface area contributed by atoms with Gasteiger partial charge in [0.05, 0.1) is 12.1 Å². The van der Waals surface area contributed by atoms with Crippen molar-refractivity contribution >= 4 is 23.6 Å². The van der Waals surface area contributed by atoms with Crippen molar-refractivity contribution in [2.24, 2.45) is 11.8 Å². The molecule has 2 aliphatic heterocycles. The molecule has 0 aliphatic carbocycles. The summed E-state index contributed by atoms with van der Waals surface area (Å²) in [5, 5.41) is 18.0. The lowest BCUT2D eigenvalue weighted by atomic mass is 10.0. The van der Waals surface area contributed by atoms with E-state index in [4.69, 9.17) is 0 Å². The first kappa shape index (κ1) is 30.0. The zero-order chi connectivity index (χ0) is 26.5. The van der Waals surface area contributed by atoms with Gasteiger partial charge in [0.25, 0.3) is 0 Å². The molecule has 6 N–H and O–H groups in total. The normalized spacial score (nSPS) is 21.3. The molecule has 0 spiro atoms. The van der Waals surface area contributed by atoms with E-state index in [1.54, 1.807) is 0 Å². The van der Waals surface area contributed by atoms with E-state index in [0.717, 1.165) is 64.5 Å². The molecule has 2 heterocycles. The summed E-state index contributed by atoms with van der Waals surface area (Å²) in [5.41, 5.74) is 0. The molecule has 4 amide bonds. The van der Waals surface area contributed by atoms with Crippen LogP contribution in [-0.4, -0.2) is 74.0 Å². The quantitative estimate of drug-likeness (QED) is 0.179. The topological polar surface area (TPSA) is 140 Å². The molecule has 4 atom stereocenters. The Kier molecular flexibility index (Phi) is 13.2. The molecule has 0 radical (unpaired) electrons. The van der Waals surface area contributed by atoms with E-state index >= 15 is 0 Å². The number of nitrogens with one attached hydrogen (secondary N) is 6. The van der Waals surface area contributed by atoms with Crippen LogP contribution >= 0.6 is 0 Å². The van der Waals surface area contributed by atoms with Gasteiger partial charge < -0.3 is 31.9 Å². The van der Waals surface area contributed by atoms with Gasteiger partial charge in [-0.25, -0.2) is 0 Å². The molecular formula is C26H48N6O4. The molecule has 2 saturated heterocycles. The van der Waals surface area contributed by atoms with Crippen LogP contribution in [-0.2, 0) is 19.2 Å². The first-order valence-electron chi connectivity index (χ1n) is 13.8. The van der Waals surface area contributed by atoms with E-state index < -0.39 is 12.1 Å². The predicted molar refractivity (Wildman–Crippen MR) is 140 cm³/mol. The van der Waals surface area contributed by atoms with Gasteiger partial charge in [-0.15, -0.1) is 0 Å². The van der Waals surface area contributed by atoms with Crippen molar-refractivity contribution in [3.8, 4) is 0 Å². The molecule has 2 aliphatic rings. The number of carbonyl (C=O) groups is 4. The van der Waals surface area contributed by atoms with Crippen LogP contribution in [0.2, 0.25) is 0 Å². The van der Waals surface area contributed by atoms with Gasteiger partial charge in [0.1, 0.15) is 12.1 Å². The fraction of sp³-hybridized carbons (Fsp3) is 0.846. The summed E-state index contributed by atoms with van der Waals surface area (Å²) >= 11 is 0. The summed E-state index contributed by atoms with van der Waals surface area (Å²) in [7, 11) is 0. The number of amides is 4. The molecule has 0 aromatic heterocycles. The van der Waals surface area contributed by atoms with Crippen molar-refractivity contribution in [1.82, 2.24) is 31.9 Å². The molecule has 0 unspecified atom stereocenters. The minimum Gasteiger partial charge on any atom is -0.354 e. The highest BCUT2D eigenvalue weighted by Crippen LogP contribution is 2.09. The van der Waals surface area contributed by atoms with Crippen molar-refractivity contribution in [3.05, 3.63) is 0 Å². The Morgan fingerprint density at radius 3 is 1.36 bits per heavy atom. The van der Waals surface area contributed by atoms with Crippen molar-refractivity contribution in [3.63, 3.8) is 0 Å². The lowest BCUT2D eigenvalue weighted by Gasteiger charge is -2.23. The van der Waals surface area contributed by atoms with Crippen molar-refractivity contribution in [1.29, 1.82) is 0 Å². The number of rotatable bonds is 15. The van der Waals surface area contributed by atoms with E-state index in [0.29, 0.717) is 13.1 Å². The first-order chi connectivity index (χ1) is 17.2. The highest BCUT2D eigenvalue weighted by molar-refractivity contribution is 5.90. The van der Waals surface area contributed by atoms with Crippen LogP contribution in [0.4, 0.5) is 0 Å². The molecule has 2 fully saturated rings. The van der Waals surface area contributed by atoms with Crippen molar-refractivity contribution in [2.45, 2.75) is 103 Å². The average molecular weight is 509 g/mol. The second-order valence-corrected chi connectivity index (χ2v) is 10.8. The van der Waals surface area contributed by atoms with Crippen LogP contribution in [0.25, 0.3) is 0 Å². The second-order valence-electron chi connectivity index (χ2n) is 10.8. The van der Waals surface area contributed by atoms with Crippen LogP contribution < -0.4 is 31.9 Å². The lowest BCUT2D eigenvalue weighted by molar-refractivity contribution is -0.130. The molecule has 0 aromatic rings. The number of unbranched alkanes of at least 4 members (excludes halogenated alkanes) is 3. The van der Waals surface area contributed by atoms with E-state index in [-0.39, 0.29) is 47.5 Å². The Hall–Kier alpha value is -2.20. The van der Waals surface area contributed by atoms with Crippen molar-refractivity contribution in [2.75, 3.05) is 26.2 Å². The number of carbonyl (C=O) groups excluding carboxylic acids is 4. The Bertz CT molecular complexity index is 657. The van der Waals surface area contributed by atoms with Gasteiger partial charge in [-0.05, 0) is 63.5 Å². The largest absolute Gasteiger partial charge is 0.354 e. The third kappa shape index (κ3) is 10.0. The third-order valence-electron chi connectivity index (χ3n) is 6.95. The summed E-state index contributed by atoms with van der Waals surface area (Å²) in [5.74, 6) is -0.465. The zero-order valence-corrected chi connectivity index (χ0v) is 22.6. The Morgan fingerprint density at radius 1 is 0.667 bits per heavy atom. The number of hydrogen-bond donors (Lipinski definition) is 6. The van der Waals surface area contributed by atoms with Gasteiger partial charge in [0.2, 0.25) is 23.6 Å². The van der Waals surface area contributed by atoms with E-state index in [9.17, 15) is 19.2 Å². The molecule has 10 heteroatoms. The van der Waals surface area contributed by atoms with E-state index in [1.165, 1.54) is 0 Å². The van der Waals surface area contributed by atoms with E-state index in [1.807, 2.05) is 27.7 Å². The molecular weight excluding hydrogens is 460 g/mol. The van der Waals surface area contributed by atoms with Crippen LogP contribution in [0, 0.1) is 11.8 Å². The van der Waals surface area contributed by atoms with Crippen LogP contribution in [0.3, 0.4) is 0 Å². The molecule has 10 nitrogen and oxygen atoms in total. The van der Waals surface area contributed by atoms with Gasteiger partial charge in [0, 0.05) is 13.1 Å². The Balaban J connectivity index is 1.58. The maximum atomic E-state index is 12.6. The van der Waals surface area contributed by atoms with Crippen LogP contribution in [0.1, 0.15) is 79.1 Å². The van der Waals surface area contributed by atoms with Crippen molar-refractivity contribution < 1.29 is 19.2 Å². The van der Waals surface area contributed by atoms with Gasteiger partial charge >= 0.3 is 0 Å².